The molecule has 7 heteroatoms. The Morgan fingerprint density at radius 3 is 2.91 bits per heavy atom. The van der Waals surface area contributed by atoms with Crippen LogP contribution in [0.2, 0.25) is 0 Å². The first-order valence-electron chi connectivity index (χ1n) is 6.54. The monoisotopic (exact) mass is 339 g/mol. The second-order valence-electron chi connectivity index (χ2n) is 4.19. The molecule has 22 heavy (non-hydrogen) atoms. The van der Waals surface area contributed by atoms with E-state index in [-0.39, 0.29) is 12.4 Å². The Labute approximate surface area is 137 Å². The van der Waals surface area contributed by atoms with Crippen molar-refractivity contribution in [1.82, 2.24) is 14.8 Å². The standard InChI is InChI=1S/C15H15ClFN3OS/c1-2-9-20-14(18-19-15(20)22-10-5-8-16)11-21-13-7-4-3-6-12(13)17/h2-8H,1,9-11H2. The van der Waals surface area contributed by atoms with E-state index in [0.29, 0.717) is 18.1 Å². The van der Waals surface area contributed by atoms with Crippen molar-refractivity contribution in [1.29, 1.82) is 0 Å². The zero-order valence-electron chi connectivity index (χ0n) is 11.8. The molecule has 0 N–H and O–H groups in total. The van der Waals surface area contributed by atoms with Gasteiger partial charge in [-0.05, 0) is 12.1 Å². The number of rotatable bonds is 8. The SMILES string of the molecule is C=CCn1c(COc2ccccc2F)nnc1SCC=CCl. The van der Waals surface area contributed by atoms with Crippen molar-refractivity contribution in [2.24, 2.45) is 0 Å². The van der Waals surface area contributed by atoms with Crippen molar-refractivity contribution in [3.63, 3.8) is 0 Å². The minimum Gasteiger partial charge on any atom is -0.483 e. The van der Waals surface area contributed by atoms with Crippen molar-refractivity contribution in [2.75, 3.05) is 5.75 Å². The predicted octanol–water partition coefficient (Wildman–Crippen LogP) is 4.03. The molecule has 2 aromatic rings. The molecule has 0 aliphatic carbocycles. The number of thioether (sulfide) groups is 1. The van der Waals surface area contributed by atoms with E-state index in [4.69, 9.17) is 16.3 Å². The van der Waals surface area contributed by atoms with Crippen LogP contribution < -0.4 is 4.74 Å². The Morgan fingerprint density at radius 1 is 1.36 bits per heavy atom. The molecule has 1 heterocycles. The molecule has 1 aromatic heterocycles. The van der Waals surface area contributed by atoms with Crippen LogP contribution in [0.5, 0.6) is 5.75 Å². The Morgan fingerprint density at radius 2 is 2.18 bits per heavy atom. The van der Waals surface area contributed by atoms with E-state index >= 15 is 0 Å². The van der Waals surface area contributed by atoms with Gasteiger partial charge in [-0.2, -0.15) is 0 Å². The average Bonchev–Trinajstić information content (AvgIpc) is 2.90. The first-order chi connectivity index (χ1) is 10.8. The van der Waals surface area contributed by atoms with Gasteiger partial charge in [0, 0.05) is 17.8 Å². The fraction of sp³-hybridized carbons (Fsp3) is 0.200. The third-order valence-electron chi connectivity index (χ3n) is 2.70. The molecule has 0 amide bonds. The maximum absolute atomic E-state index is 13.5. The van der Waals surface area contributed by atoms with E-state index in [1.54, 1.807) is 24.3 Å². The topological polar surface area (TPSA) is 39.9 Å². The summed E-state index contributed by atoms with van der Waals surface area (Å²) in [5.41, 5.74) is 1.46. The highest BCUT2D eigenvalue weighted by molar-refractivity contribution is 7.99. The Balaban J connectivity index is 2.09. The average molecular weight is 340 g/mol. The highest BCUT2D eigenvalue weighted by atomic mass is 35.5. The number of benzene rings is 1. The number of para-hydroxylation sites is 1. The van der Waals surface area contributed by atoms with Crippen LogP contribution in [-0.4, -0.2) is 20.5 Å². The maximum Gasteiger partial charge on any atom is 0.191 e. The van der Waals surface area contributed by atoms with Gasteiger partial charge < -0.3 is 4.74 Å². The molecule has 0 unspecified atom stereocenters. The molecule has 0 radical (unpaired) electrons. The van der Waals surface area contributed by atoms with Crippen LogP contribution in [0.15, 0.2) is 53.7 Å². The Bertz CT molecular complexity index is 660. The van der Waals surface area contributed by atoms with E-state index in [2.05, 4.69) is 16.8 Å². The molecule has 0 aliphatic rings. The van der Waals surface area contributed by atoms with E-state index in [0.717, 1.165) is 5.16 Å². The summed E-state index contributed by atoms with van der Waals surface area (Å²) in [5.74, 6) is 1.09. The number of nitrogens with zero attached hydrogens (tertiary/aromatic N) is 3. The largest absolute Gasteiger partial charge is 0.483 e. The molecule has 4 nitrogen and oxygen atoms in total. The summed E-state index contributed by atoms with van der Waals surface area (Å²) >= 11 is 7.00. The van der Waals surface area contributed by atoms with E-state index in [9.17, 15) is 4.39 Å². The lowest BCUT2D eigenvalue weighted by atomic mass is 10.3. The van der Waals surface area contributed by atoms with Gasteiger partial charge in [0.25, 0.3) is 0 Å². The van der Waals surface area contributed by atoms with E-state index in [1.807, 2.05) is 10.6 Å². The van der Waals surface area contributed by atoms with Gasteiger partial charge in [0.05, 0.1) is 0 Å². The molecule has 0 saturated carbocycles. The summed E-state index contributed by atoms with van der Waals surface area (Å²) in [6, 6.07) is 6.25. The van der Waals surface area contributed by atoms with Crippen molar-refractivity contribution in [3.8, 4) is 5.75 Å². The van der Waals surface area contributed by atoms with Gasteiger partial charge in [-0.1, -0.05) is 47.6 Å². The smallest absolute Gasteiger partial charge is 0.191 e. The quantitative estimate of drug-likeness (QED) is 0.538. The second-order valence-corrected chi connectivity index (χ2v) is 5.43. The van der Waals surface area contributed by atoms with Gasteiger partial charge in [0.1, 0.15) is 6.61 Å². The Kier molecular flexibility index (Phi) is 6.48. The lowest BCUT2D eigenvalue weighted by Gasteiger charge is -2.09. The molecule has 0 fully saturated rings. The number of hydrogen-bond donors (Lipinski definition) is 0. The zero-order chi connectivity index (χ0) is 15.8. The van der Waals surface area contributed by atoms with Gasteiger partial charge in [-0.3, -0.25) is 4.57 Å². The fourth-order valence-corrected chi connectivity index (χ4v) is 2.68. The van der Waals surface area contributed by atoms with Crippen LogP contribution in [0.1, 0.15) is 5.82 Å². The van der Waals surface area contributed by atoms with Crippen LogP contribution in [0, 0.1) is 5.82 Å². The zero-order valence-corrected chi connectivity index (χ0v) is 13.4. The fourth-order valence-electron chi connectivity index (χ4n) is 1.71. The van der Waals surface area contributed by atoms with E-state index < -0.39 is 5.82 Å². The third-order valence-corrected chi connectivity index (χ3v) is 3.79. The number of allylic oxidation sites excluding steroid dienone is 1. The van der Waals surface area contributed by atoms with Crippen LogP contribution in [0.4, 0.5) is 4.39 Å². The third kappa shape index (κ3) is 4.35. The van der Waals surface area contributed by atoms with Crippen LogP contribution in [0.25, 0.3) is 0 Å². The van der Waals surface area contributed by atoms with Crippen LogP contribution in [-0.2, 0) is 13.2 Å². The lowest BCUT2D eigenvalue weighted by molar-refractivity contribution is 0.275. The highest BCUT2D eigenvalue weighted by Crippen LogP contribution is 2.20. The minimum absolute atomic E-state index is 0.133. The van der Waals surface area contributed by atoms with Crippen molar-refractivity contribution in [3.05, 3.63) is 60.2 Å². The summed E-state index contributed by atoms with van der Waals surface area (Å²) < 4.78 is 20.9. The first kappa shape index (κ1) is 16.6. The van der Waals surface area contributed by atoms with Crippen molar-refractivity contribution < 1.29 is 9.13 Å². The summed E-state index contributed by atoms with van der Waals surface area (Å²) in [5, 5.41) is 8.95. The van der Waals surface area contributed by atoms with Gasteiger partial charge >= 0.3 is 0 Å². The van der Waals surface area contributed by atoms with Crippen LogP contribution >= 0.6 is 23.4 Å². The van der Waals surface area contributed by atoms with Gasteiger partial charge in [-0.25, -0.2) is 4.39 Å². The molecule has 116 valence electrons. The molecule has 0 bridgehead atoms. The lowest BCUT2D eigenvalue weighted by Crippen LogP contribution is -2.08. The molecule has 0 saturated heterocycles. The highest BCUT2D eigenvalue weighted by Gasteiger charge is 2.12. The minimum atomic E-state index is -0.404. The molecule has 0 aliphatic heterocycles. The number of ether oxygens (including phenoxy) is 1. The second kappa shape index (κ2) is 8.60. The maximum atomic E-state index is 13.5. The molecular formula is C15H15ClFN3OS. The Hall–Kier alpha value is -1.79. The van der Waals surface area contributed by atoms with Gasteiger partial charge in [0.15, 0.2) is 22.5 Å². The molecule has 1 aromatic carbocycles. The van der Waals surface area contributed by atoms with Crippen molar-refractivity contribution >= 4 is 23.4 Å². The number of halogens is 2. The van der Waals surface area contributed by atoms with Gasteiger partial charge in [0.2, 0.25) is 0 Å². The predicted molar refractivity (Wildman–Crippen MR) is 86.7 cm³/mol. The van der Waals surface area contributed by atoms with Crippen molar-refractivity contribution in [2.45, 2.75) is 18.3 Å². The van der Waals surface area contributed by atoms with E-state index in [1.165, 1.54) is 23.4 Å². The first-order valence-corrected chi connectivity index (χ1v) is 7.96. The normalized spacial score (nSPS) is 11.0. The molecule has 0 spiro atoms. The summed E-state index contributed by atoms with van der Waals surface area (Å²) in [4.78, 5) is 0. The summed E-state index contributed by atoms with van der Waals surface area (Å²) in [6.07, 6.45) is 3.56. The van der Waals surface area contributed by atoms with Gasteiger partial charge in [-0.15, -0.1) is 16.8 Å². The summed E-state index contributed by atoms with van der Waals surface area (Å²) in [7, 11) is 0. The molecular weight excluding hydrogens is 325 g/mol. The summed E-state index contributed by atoms with van der Waals surface area (Å²) in [6.45, 7) is 4.41. The number of hydrogen-bond acceptors (Lipinski definition) is 4. The molecule has 0 atom stereocenters. The van der Waals surface area contributed by atoms with Crippen LogP contribution in [0.3, 0.4) is 0 Å². The number of aromatic nitrogens is 3. The molecule has 2 rings (SSSR count).